The summed E-state index contributed by atoms with van der Waals surface area (Å²) in [5, 5.41) is 0.909. The van der Waals surface area contributed by atoms with Crippen LogP contribution in [0.1, 0.15) is 38.7 Å². The van der Waals surface area contributed by atoms with Gasteiger partial charge in [-0.15, -0.1) is 0 Å². The van der Waals surface area contributed by atoms with Crippen LogP contribution in [0.15, 0.2) is 58.6 Å². The van der Waals surface area contributed by atoms with Crippen molar-refractivity contribution in [3.63, 3.8) is 0 Å². The Labute approximate surface area is 201 Å². The molecule has 1 saturated heterocycles. The fourth-order valence-corrected chi connectivity index (χ4v) is 6.89. The average molecular weight is 488 g/mol. The first-order chi connectivity index (χ1) is 16.0. The molecule has 1 aromatic heterocycles. The molecular formula is C25H33N3O3S2. The number of aryl methyl sites for hydroxylation is 1. The number of piperidine rings is 1. The lowest BCUT2D eigenvalue weighted by Crippen LogP contribution is -2.39. The van der Waals surface area contributed by atoms with Crippen molar-refractivity contribution < 1.29 is 13.2 Å². The van der Waals surface area contributed by atoms with Gasteiger partial charge in [-0.3, -0.25) is 0 Å². The Kier molecular flexibility index (Phi) is 8.11. The van der Waals surface area contributed by atoms with Gasteiger partial charge in [0.15, 0.2) is 5.16 Å². The third-order valence-corrected chi connectivity index (χ3v) is 8.94. The third kappa shape index (κ3) is 5.80. The molecule has 1 fully saturated rings. The van der Waals surface area contributed by atoms with E-state index in [0.29, 0.717) is 37.1 Å². The van der Waals surface area contributed by atoms with Crippen LogP contribution in [-0.4, -0.2) is 48.6 Å². The summed E-state index contributed by atoms with van der Waals surface area (Å²) < 4.78 is 35.9. The molecule has 8 heteroatoms. The summed E-state index contributed by atoms with van der Waals surface area (Å²) in [4.78, 5) is 5.20. The molecule has 0 unspecified atom stereocenters. The zero-order chi connectivity index (χ0) is 23.3. The highest BCUT2D eigenvalue weighted by Gasteiger charge is 2.29. The van der Waals surface area contributed by atoms with Crippen molar-refractivity contribution in [2.45, 2.75) is 55.5 Å². The van der Waals surface area contributed by atoms with E-state index in [1.807, 2.05) is 31.2 Å². The minimum Gasteiger partial charge on any atom is -0.382 e. The maximum Gasteiger partial charge on any atom is 0.243 e. The fraction of sp³-hybridized carbons (Fsp3) is 0.480. The largest absolute Gasteiger partial charge is 0.382 e. The number of thioether (sulfide) groups is 1. The summed E-state index contributed by atoms with van der Waals surface area (Å²) in [6.45, 7) is 7.47. The molecule has 4 rings (SSSR count). The van der Waals surface area contributed by atoms with E-state index in [0.717, 1.165) is 47.7 Å². The molecule has 33 heavy (non-hydrogen) atoms. The summed E-state index contributed by atoms with van der Waals surface area (Å²) in [6.07, 6.45) is 2.88. The number of imidazole rings is 1. The molecule has 2 aromatic carbocycles. The summed E-state index contributed by atoms with van der Waals surface area (Å²) >= 11 is 1.68. The third-order valence-electron chi connectivity index (χ3n) is 6.03. The smallest absolute Gasteiger partial charge is 0.243 e. The van der Waals surface area contributed by atoms with Crippen molar-refractivity contribution in [3.8, 4) is 0 Å². The van der Waals surface area contributed by atoms with Gasteiger partial charge in [0.25, 0.3) is 0 Å². The van der Waals surface area contributed by atoms with E-state index in [4.69, 9.17) is 9.72 Å². The number of nitrogens with zero attached hydrogens (tertiary/aromatic N) is 3. The van der Waals surface area contributed by atoms with Crippen LogP contribution in [-0.2, 0) is 27.1 Å². The Bertz CT molecular complexity index is 1160. The van der Waals surface area contributed by atoms with Gasteiger partial charge in [0.1, 0.15) is 0 Å². The van der Waals surface area contributed by atoms with Gasteiger partial charge in [0.05, 0.1) is 15.9 Å². The van der Waals surface area contributed by atoms with E-state index in [1.54, 1.807) is 28.2 Å². The van der Waals surface area contributed by atoms with Gasteiger partial charge >= 0.3 is 0 Å². The number of sulfonamides is 1. The molecule has 2 heterocycles. The second-order valence-corrected chi connectivity index (χ2v) is 11.5. The molecule has 3 aromatic rings. The molecule has 0 aliphatic carbocycles. The van der Waals surface area contributed by atoms with Crippen LogP contribution in [0.3, 0.4) is 0 Å². The lowest BCUT2D eigenvalue weighted by Gasteiger charge is -2.30. The molecule has 0 bridgehead atoms. The van der Waals surface area contributed by atoms with Crippen LogP contribution in [0, 0.1) is 5.92 Å². The van der Waals surface area contributed by atoms with Crippen molar-refractivity contribution >= 4 is 32.8 Å². The van der Waals surface area contributed by atoms with E-state index in [-0.39, 0.29) is 0 Å². The molecule has 0 spiro atoms. The average Bonchev–Trinajstić information content (AvgIpc) is 3.18. The van der Waals surface area contributed by atoms with Gasteiger partial charge in [-0.1, -0.05) is 49.0 Å². The highest BCUT2D eigenvalue weighted by atomic mass is 32.2. The maximum atomic E-state index is 13.3. The first-order valence-corrected chi connectivity index (χ1v) is 14.2. The second-order valence-electron chi connectivity index (χ2n) is 8.63. The Morgan fingerprint density at radius 3 is 2.76 bits per heavy atom. The summed E-state index contributed by atoms with van der Waals surface area (Å²) in [7, 11) is -3.51. The summed E-state index contributed by atoms with van der Waals surface area (Å²) in [6, 6.07) is 15.7. The van der Waals surface area contributed by atoms with E-state index >= 15 is 0 Å². The molecular weight excluding hydrogens is 454 g/mol. The van der Waals surface area contributed by atoms with Gasteiger partial charge < -0.3 is 9.30 Å². The molecule has 1 aliphatic rings. The van der Waals surface area contributed by atoms with Crippen molar-refractivity contribution in [2.24, 2.45) is 5.92 Å². The zero-order valence-corrected chi connectivity index (χ0v) is 21.1. The number of hydrogen-bond acceptors (Lipinski definition) is 5. The number of benzene rings is 2. The molecule has 178 valence electrons. The summed E-state index contributed by atoms with van der Waals surface area (Å²) in [5.74, 6) is 1.20. The van der Waals surface area contributed by atoms with Crippen LogP contribution < -0.4 is 0 Å². The van der Waals surface area contributed by atoms with E-state index in [2.05, 4.69) is 23.6 Å². The number of fused-ring (bicyclic) bond motifs is 1. The molecule has 1 aliphatic heterocycles. The van der Waals surface area contributed by atoms with Crippen molar-refractivity contribution in [1.82, 2.24) is 13.9 Å². The van der Waals surface area contributed by atoms with Crippen molar-refractivity contribution in [2.75, 3.05) is 26.3 Å². The summed E-state index contributed by atoms with van der Waals surface area (Å²) in [5.41, 5.74) is 2.93. The lowest BCUT2D eigenvalue weighted by atomic mass is 10.0. The van der Waals surface area contributed by atoms with Gasteiger partial charge in [-0.2, -0.15) is 4.31 Å². The van der Waals surface area contributed by atoms with Crippen molar-refractivity contribution in [3.05, 3.63) is 54.1 Å². The minimum atomic E-state index is -3.51. The predicted octanol–water partition coefficient (Wildman–Crippen LogP) is 5.18. The quantitative estimate of drug-likeness (QED) is 0.291. The van der Waals surface area contributed by atoms with Crippen LogP contribution in [0.4, 0.5) is 0 Å². The number of rotatable bonds is 10. The molecule has 0 saturated carbocycles. The second kappa shape index (κ2) is 11.0. The standard InChI is InChI=1S/C25H33N3O3S2/c1-3-31-16-8-15-28-24-13-12-22(33(29,30)27-14-7-9-20(2)18-27)17-23(24)26-25(28)32-19-21-10-5-4-6-11-21/h4-6,10-13,17,20H,3,7-9,14-16,18-19H2,1-2H3/t20-/m1/s1. The lowest BCUT2D eigenvalue weighted by molar-refractivity contribution is 0.141. The Morgan fingerprint density at radius 1 is 1.18 bits per heavy atom. The molecule has 0 amide bonds. The first-order valence-electron chi connectivity index (χ1n) is 11.7. The van der Waals surface area contributed by atoms with Crippen LogP contribution in [0.25, 0.3) is 11.0 Å². The highest BCUT2D eigenvalue weighted by Crippen LogP contribution is 2.30. The molecule has 6 nitrogen and oxygen atoms in total. The highest BCUT2D eigenvalue weighted by molar-refractivity contribution is 7.98. The SMILES string of the molecule is CCOCCCn1c(SCc2ccccc2)nc2cc(S(=O)(=O)N3CCC[C@@H](C)C3)ccc21. The molecule has 0 N–H and O–H groups in total. The Balaban J connectivity index is 1.62. The number of ether oxygens (including phenoxy) is 1. The first kappa shape index (κ1) is 24.3. The minimum absolute atomic E-state index is 0.336. The van der Waals surface area contributed by atoms with Crippen LogP contribution >= 0.6 is 11.8 Å². The van der Waals surface area contributed by atoms with Gasteiger partial charge in [-0.05, 0) is 55.9 Å². The molecule has 1 atom stereocenters. The topological polar surface area (TPSA) is 64.4 Å². The fourth-order valence-electron chi connectivity index (χ4n) is 4.28. The zero-order valence-electron chi connectivity index (χ0n) is 19.4. The van der Waals surface area contributed by atoms with E-state index < -0.39 is 10.0 Å². The van der Waals surface area contributed by atoms with E-state index in [1.165, 1.54) is 5.56 Å². The Hall–Kier alpha value is -1.87. The number of hydrogen-bond donors (Lipinski definition) is 0. The maximum absolute atomic E-state index is 13.3. The normalized spacial score (nSPS) is 17.6. The van der Waals surface area contributed by atoms with Crippen molar-refractivity contribution in [1.29, 1.82) is 0 Å². The molecule has 0 radical (unpaired) electrons. The number of aromatic nitrogens is 2. The van der Waals surface area contributed by atoms with E-state index in [9.17, 15) is 8.42 Å². The van der Waals surface area contributed by atoms with Crippen LogP contribution in [0.5, 0.6) is 0 Å². The monoisotopic (exact) mass is 487 g/mol. The van der Waals surface area contributed by atoms with Crippen LogP contribution in [0.2, 0.25) is 0 Å². The van der Waals surface area contributed by atoms with Gasteiger partial charge in [0.2, 0.25) is 10.0 Å². The van der Waals surface area contributed by atoms with Gasteiger partial charge in [-0.25, -0.2) is 13.4 Å². The Morgan fingerprint density at radius 2 is 2.00 bits per heavy atom. The predicted molar refractivity (Wildman–Crippen MR) is 134 cm³/mol. The van der Waals surface area contributed by atoms with Gasteiger partial charge in [0, 0.05) is 38.6 Å².